The van der Waals surface area contributed by atoms with E-state index in [1.807, 2.05) is 36.5 Å². The Labute approximate surface area is 149 Å². The summed E-state index contributed by atoms with van der Waals surface area (Å²) in [5.41, 5.74) is 2.05. The molecule has 5 heteroatoms. The number of benzene rings is 1. The summed E-state index contributed by atoms with van der Waals surface area (Å²) in [6, 6.07) is 13.9. The van der Waals surface area contributed by atoms with E-state index in [-0.39, 0.29) is 5.91 Å². The maximum absolute atomic E-state index is 12.0. The van der Waals surface area contributed by atoms with E-state index in [1.165, 1.54) is 0 Å². The van der Waals surface area contributed by atoms with Crippen molar-refractivity contribution in [1.29, 1.82) is 0 Å². The second-order valence-corrected chi connectivity index (χ2v) is 6.39. The van der Waals surface area contributed by atoms with Gasteiger partial charge in [0.2, 0.25) is 5.91 Å². The lowest BCUT2D eigenvalue weighted by Gasteiger charge is -2.34. The van der Waals surface area contributed by atoms with E-state index in [4.69, 9.17) is 0 Å². The van der Waals surface area contributed by atoms with Crippen LogP contribution in [0.5, 0.6) is 0 Å². The molecule has 5 nitrogen and oxygen atoms in total. The number of likely N-dealkylation sites (N-methyl/N-ethyl adjacent to an activating group) is 1. The van der Waals surface area contributed by atoms with Gasteiger partial charge in [-0.3, -0.25) is 4.79 Å². The smallest absolute Gasteiger partial charge is 0.224 e. The monoisotopic (exact) mass is 338 g/mol. The lowest BCUT2D eigenvalue weighted by molar-refractivity contribution is -0.120. The van der Waals surface area contributed by atoms with Crippen molar-refractivity contribution in [1.82, 2.24) is 15.2 Å². The number of nitrogens with zero attached hydrogens (tertiary/aromatic N) is 3. The number of carbonyl (C=O) groups excluding carboxylic acids is 1. The summed E-state index contributed by atoms with van der Waals surface area (Å²) in [6.07, 6.45) is 2.28. The molecule has 1 fully saturated rings. The molecule has 132 valence electrons. The Balaban J connectivity index is 1.47. The SMILES string of the molecule is CCN1CCN(c2ccc(CNC(=O)Cc3ccccc3)cn2)CC1. The zero-order valence-corrected chi connectivity index (χ0v) is 14.8. The number of carbonyl (C=O) groups is 1. The number of pyridine rings is 1. The van der Waals surface area contributed by atoms with E-state index in [2.05, 4.69) is 39.2 Å². The second-order valence-electron chi connectivity index (χ2n) is 6.39. The molecule has 0 spiro atoms. The molecule has 1 N–H and O–H groups in total. The predicted molar refractivity (Wildman–Crippen MR) is 101 cm³/mol. The van der Waals surface area contributed by atoms with Crippen LogP contribution in [0.4, 0.5) is 5.82 Å². The van der Waals surface area contributed by atoms with Gasteiger partial charge < -0.3 is 15.1 Å². The summed E-state index contributed by atoms with van der Waals surface area (Å²) in [5.74, 6) is 1.06. The molecule has 2 heterocycles. The summed E-state index contributed by atoms with van der Waals surface area (Å²) in [4.78, 5) is 21.4. The third-order valence-corrected chi connectivity index (χ3v) is 4.65. The number of hydrogen-bond donors (Lipinski definition) is 1. The maximum Gasteiger partial charge on any atom is 0.224 e. The fourth-order valence-corrected chi connectivity index (χ4v) is 3.05. The van der Waals surface area contributed by atoms with E-state index in [1.54, 1.807) is 0 Å². The minimum atomic E-state index is 0.0333. The molecule has 1 amide bonds. The lowest BCUT2D eigenvalue weighted by Crippen LogP contribution is -2.46. The maximum atomic E-state index is 12.0. The number of aromatic nitrogens is 1. The van der Waals surface area contributed by atoms with Gasteiger partial charge in [-0.15, -0.1) is 0 Å². The van der Waals surface area contributed by atoms with Crippen molar-refractivity contribution >= 4 is 11.7 Å². The zero-order valence-electron chi connectivity index (χ0n) is 14.8. The molecule has 1 aromatic carbocycles. The molecule has 1 saturated heterocycles. The first-order valence-corrected chi connectivity index (χ1v) is 8.97. The number of anilines is 1. The summed E-state index contributed by atoms with van der Waals surface area (Å²) in [5, 5.41) is 2.96. The standard InChI is InChI=1S/C20H26N4O/c1-2-23-10-12-24(13-11-23)19-9-8-18(15-21-19)16-22-20(25)14-17-6-4-3-5-7-17/h3-9,15H,2,10-14,16H2,1H3,(H,22,25). The minimum absolute atomic E-state index is 0.0333. The quantitative estimate of drug-likeness (QED) is 0.876. The molecule has 1 aromatic heterocycles. The van der Waals surface area contributed by atoms with Crippen LogP contribution in [0.3, 0.4) is 0 Å². The largest absolute Gasteiger partial charge is 0.354 e. The number of nitrogens with one attached hydrogen (secondary N) is 1. The van der Waals surface area contributed by atoms with Crippen molar-refractivity contribution < 1.29 is 4.79 Å². The highest BCUT2D eigenvalue weighted by Crippen LogP contribution is 2.14. The Morgan fingerprint density at radius 2 is 1.80 bits per heavy atom. The molecule has 0 bridgehead atoms. The topological polar surface area (TPSA) is 48.5 Å². The van der Waals surface area contributed by atoms with Crippen molar-refractivity contribution in [2.45, 2.75) is 19.9 Å². The highest BCUT2D eigenvalue weighted by Gasteiger charge is 2.16. The van der Waals surface area contributed by atoms with Crippen LogP contribution >= 0.6 is 0 Å². The van der Waals surface area contributed by atoms with Crippen LogP contribution in [0, 0.1) is 0 Å². The van der Waals surface area contributed by atoms with E-state index < -0.39 is 0 Å². The highest BCUT2D eigenvalue weighted by molar-refractivity contribution is 5.78. The lowest BCUT2D eigenvalue weighted by atomic mass is 10.1. The molecule has 0 unspecified atom stereocenters. The molecule has 25 heavy (non-hydrogen) atoms. The van der Waals surface area contributed by atoms with Gasteiger partial charge in [0.05, 0.1) is 6.42 Å². The number of hydrogen-bond acceptors (Lipinski definition) is 4. The molecule has 2 aromatic rings. The average Bonchev–Trinajstić information content (AvgIpc) is 2.68. The summed E-state index contributed by atoms with van der Waals surface area (Å²) >= 11 is 0. The first kappa shape index (κ1) is 17.4. The van der Waals surface area contributed by atoms with Crippen molar-refractivity contribution in [3.8, 4) is 0 Å². The third kappa shape index (κ3) is 5.03. The fourth-order valence-electron chi connectivity index (χ4n) is 3.05. The van der Waals surface area contributed by atoms with Crippen LogP contribution in [0.15, 0.2) is 48.7 Å². The fraction of sp³-hybridized carbons (Fsp3) is 0.400. The average molecular weight is 338 g/mol. The summed E-state index contributed by atoms with van der Waals surface area (Å²) in [6.45, 7) is 8.06. The van der Waals surface area contributed by atoms with Crippen LogP contribution in [0.1, 0.15) is 18.1 Å². The molecular weight excluding hydrogens is 312 g/mol. The number of rotatable bonds is 6. The van der Waals surface area contributed by atoms with E-state index in [0.29, 0.717) is 13.0 Å². The van der Waals surface area contributed by atoms with Crippen LogP contribution < -0.4 is 10.2 Å². The van der Waals surface area contributed by atoms with Crippen LogP contribution in [0.2, 0.25) is 0 Å². The molecule has 0 aliphatic carbocycles. The van der Waals surface area contributed by atoms with E-state index in [9.17, 15) is 4.79 Å². The van der Waals surface area contributed by atoms with Gasteiger partial charge >= 0.3 is 0 Å². The van der Waals surface area contributed by atoms with Crippen LogP contribution in [0.25, 0.3) is 0 Å². The molecule has 0 radical (unpaired) electrons. The van der Waals surface area contributed by atoms with Crippen molar-refractivity contribution in [2.24, 2.45) is 0 Å². The van der Waals surface area contributed by atoms with Gasteiger partial charge in [0.1, 0.15) is 5.82 Å². The zero-order chi connectivity index (χ0) is 17.5. The Kier molecular flexibility index (Phi) is 6.01. The van der Waals surface area contributed by atoms with Gasteiger partial charge in [0.25, 0.3) is 0 Å². The third-order valence-electron chi connectivity index (χ3n) is 4.65. The first-order valence-electron chi connectivity index (χ1n) is 8.97. The van der Waals surface area contributed by atoms with E-state index >= 15 is 0 Å². The molecule has 3 rings (SSSR count). The Hall–Kier alpha value is -2.40. The normalized spacial score (nSPS) is 15.2. The van der Waals surface area contributed by atoms with Gasteiger partial charge in [0.15, 0.2) is 0 Å². The van der Waals surface area contributed by atoms with Crippen molar-refractivity contribution in [2.75, 3.05) is 37.6 Å². The van der Waals surface area contributed by atoms with Gasteiger partial charge in [-0.2, -0.15) is 0 Å². The molecular formula is C20H26N4O. The Bertz CT molecular complexity index is 664. The van der Waals surface area contributed by atoms with E-state index in [0.717, 1.165) is 49.7 Å². The first-order chi connectivity index (χ1) is 12.2. The Morgan fingerprint density at radius 1 is 1.04 bits per heavy atom. The van der Waals surface area contributed by atoms with Gasteiger partial charge in [-0.25, -0.2) is 4.98 Å². The summed E-state index contributed by atoms with van der Waals surface area (Å²) in [7, 11) is 0. The van der Waals surface area contributed by atoms with Crippen molar-refractivity contribution in [3.63, 3.8) is 0 Å². The van der Waals surface area contributed by atoms with Gasteiger partial charge in [-0.1, -0.05) is 43.3 Å². The molecule has 1 aliphatic rings. The van der Waals surface area contributed by atoms with Gasteiger partial charge in [-0.05, 0) is 23.7 Å². The van der Waals surface area contributed by atoms with Crippen molar-refractivity contribution in [3.05, 3.63) is 59.8 Å². The summed E-state index contributed by atoms with van der Waals surface area (Å²) < 4.78 is 0. The Morgan fingerprint density at radius 3 is 2.44 bits per heavy atom. The van der Waals surface area contributed by atoms with Crippen LogP contribution in [-0.2, 0) is 17.8 Å². The van der Waals surface area contributed by atoms with Crippen LogP contribution in [-0.4, -0.2) is 48.5 Å². The molecule has 0 saturated carbocycles. The van der Waals surface area contributed by atoms with Gasteiger partial charge in [0, 0.05) is 38.9 Å². The highest BCUT2D eigenvalue weighted by atomic mass is 16.1. The molecule has 1 aliphatic heterocycles. The number of amides is 1. The minimum Gasteiger partial charge on any atom is -0.354 e. The molecule has 0 atom stereocenters. The predicted octanol–water partition coefficient (Wildman–Crippen LogP) is 2.08. The second kappa shape index (κ2) is 8.62. The number of piperazine rings is 1.